The highest BCUT2D eigenvalue weighted by Crippen LogP contribution is 2.24. The highest BCUT2D eigenvalue weighted by molar-refractivity contribution is 5.77. The molecule has 2 heterocycles. The summed E-state index contributed by atoms with van der Waals surface area (Å²) in [5.74, 6) is -0.382. The lowest BCUT2D eigenvalue weighted by Gasteiger charge is -2.20. The summed E-state index contributed by atoms with van der Waals surface area (Å²) in [5, 5.41) is 2.98. The molecule has 0 aliphatic heterocycles. The van der Waals surface area contributed by atoms with Crippen LogP contribution in [0.1, 0.15) is 55.0 Å². The summed E-state index contributed by atoms with van der Waals surface area (Å²) in [7, 11) is 0. The number of nitrogens with zero attached hydrogens (tertiary/aromatic N) is 4. The number of amides is 1. The summed E-state index contributed by atoms with van der Waals surface area (Å²) in [6.45, 7) is 4.26. The lowest BCUT2D eigenvalue weighted by molar-refractivity contribution is -0.122. The first-order chi connectivity index (χ1) is 17.5. The zero-order valence-corrected chi connectivity index (χ0v) is 20.7. The topological polar surface area (TPSA) is 90.9 Å². The minimum atomic E-state index is -0.547. The van der Waals surface area contributed by atoms with E-state index in [0.717, 1.165) is 28.5 Å². The van der Waals surface area contributed by atoms with Gasteiger partial charge < -0.3 is 9.88 Å². The van der Waals surface area contributed by atoms with Crippen LogP contribution in [0.4, 0.5) is 0 Å². The van der Waals surface area contributed by atoms with E-state index in [2.05, 4.69) is 28.5 Å². The Bertz CT molecular complexity index is 1530. The molecule has 36 heavy (non-hydrogen) atoms. The largest absolute Gasteiger partial charge is 0.348 e. The lowest BCUT2D eigenvalue weighted by atomic mass is 9.89. The average molecular weight is 486 g/mol. The molecule has 0 spiro atoms. The molecule has 0 saturated carbocycles. The van der Waals surface area contributed by atoms with E-state index in [1.165, 1.54) is 28.5 Å². The highest BCUT2D eigenvalue weighted by atomic mass is 16.2. The van der Waals surface area contributed by atoms with Crippen LogP contribution < -0.4 is 16.6 Å². The molecule has 1 atom stereocenters. The predicted octanol–water partition coefficient (Wildman–Crippen LogP) is 3.18. The standard InChI is InChI=1S/C28H31N5O3/c1-3-31-18-29-26-25(31)27(35)33(28(36)32(26)16-20-9-5-4-6-10-20)17-24(34)30-19(2)22-14-13-21-11-7-8-12-23(21)15-22/h4-6,9-10,13-15,18-19H,3,7-8,11-12,16-17H2,1-2H3,(H,30,34). The van der Waals surface area contributed by atoms with Crippen molar-refractivity contribution in [2.75, 3.05) is 0 Å². The van der Waals surface area contributed by atoms with Crippen LogP contribution in [0.5, 0.6) is 0 Å². The molecule has 1 aliphatic rings. The van der Waals surface area contributed by atoms with E-state index in [0.29, 0.717) is 17.7 Å². The number of carbonyl (C=O) groups is 1. The molecule has 2 aromatic heterocycles. The molecular weight excluding hydrogens is 454 g/mol. The SMILES string of the molecule is CCn1cnc2c1c(=O)n(CC(=O)NC(C)c1ccc3c(c1)CCCC3)c(=O)n2Cc1ccccc1. The summed E-state index contributed by atoms with van der Waals surface area (Å²) in [6, 6.07) is 15.7. The molecule has 0 saturated heterocycles. The van der Waals surface area contributed by atoms with Gasteiger partial charge in [-0.3, -0.25) is 14.2 Å². The Morgan fingerprint density at radius 3 is 2.53 bits per heavy atom. The van der Waals surface area contributed by atoms with Crippen LogP contribution in [0.25, 0.3) is 11.2 Å². The van der Waals surface area contributed by atoms with Crippen LogP contribution in [0.2, 0.25) is 0 Å². The van der Waals surface area contributed by atoms with E-state index in [4.69, 9.17) is 0 Å². The van der Waals surface area contributed by atoms with Gasteiger partial charge in [0.25, 0.3) is 5.56 Å². The molecule has 1 unspecified atom stereocenters. The van der Waals surface area contributed by atoms with E-state index < -0.39 is 11.2 Å². The summed E-state index contributed by atoms with van der Waals surface area (Å²) in [6.07, 6.45) is 6.13. The second-order valence-electron chi connectivity index (χ2n) is 9.47. The zero-order chi connectivity index (χ0) is 25.2. The van der Waals surface area contributed by atoms with Gasteiger partial charge >= 0.3 is 5.69 Å². The fourth-order valence-corrected chi connectivity index (χ4v) is 5.06. The molecule has 0 radical (unpaired) electrons. The second kappa shape index (κ2) is 9.97. The summed E-state index contributed by atoms with van der Waals surface area (Å²) in [5.41, 5.74) is 4.26. The number of aryl methyl sites for hydroxylation is 3. The van der Waals surface area contributed by atoms with E-state index >= 15 is 0 Å². The van der Waals surface area contributed by atoms with Crippen molar-refractivity contribution in [3.05, 3.63) is 98.0 Å². The summed E-state index contributed by atoms with van der Waals surface area (Å²) >= 11 is 0. The predicted molar refractivity (Wildman–Crippen MR) is 139 cm³/mol. The van der Waals surface area contributed by atoms with Gasteiger partial charge in [0.2, 0.25) is 5.91 Å². The fraction of sp³-hybridized carbons (Fsp3) is 0.357. The summed E-state index contributed by atoms with van der Waals surface area (Å²) < 4.78 is 4.20. The molecule has 0 bridgehead atoms. The normalized spacial score (nSPS) is 13.9. The van der Waals surface area contributed by atoms with Crippen molar-refractivity contribution < 1.29 is 4.79 Å². The maximum Gasteiger partial charge on any atom is 0.333 e. The smallest absolute Gasteiger partial charge is 0.333 e. The van der Waals surface area contributed by atoms with Gasteiger partial charge in [0, 0.05) is 6.54 Å². The Hall–Kier alpha value is -3.94. The minimum Gasteiger partial charge on any atom is -0.348 e. The van der Waals surface area contributed by atoms with E-state index in [1.54, 1.807) is 10.9 Å². The van der Waals surface area contributed by atoms with E-state index in [9.17, 15) is 14.4 Å². The second-order valence-corrected chi connectivity index (χ2v) is 9.47. The van der Waals surface area contributed by atoms with Crippen molar-refractivity contribution in [3.8, 4) is 0 Å². The van der Waals surface area contributed by atoms with Crippen LogP contribution in [-0.2, 0) is 37.3 Å². The molecule has 1 amide bonds. The van der Waals surface area contributed by atoms with Gasteiger partial charge in [0.15, 0.2) is 11.2 Å². The first kappa shape index (κ1) is 23.8. The maximum absolute atomic E-state index is 13.5. The molecule has 1 aliphatic carbocycles. The Labute approximate surface area is 209 Å². The number of imidazole rings is 1. The third-order valence-corrected chi connectivity index (χ3v) is 7.06. The highest BCUT2D eigenvalue weighted by Gasteiger charge is 2.21. The van der Waals surface area contributed by atoms with Gasteiger partial charge in [-0.25, -0.2) is 14.3 Å². The molecule has 4 aromatic rings. The molecule has 8 heteroatoms. The third-order valence-electron chi connectivity index (χ3n) is 7.06. The Balaban J connectivity index is 1.45. The number of rotatable bonds is 7. The van der Waals surface area contributed by atoms with Crippen molar-refractivity contribution in [1.29, 1.82) is 0 Å². The quantitative estimate of drug-likeness (QED) is 0.435. The monoisotopic (exact) mass is 485 g/mol. The number of benzene rings is 2. The minimum absolute atomic E-state index is 0.239. The van der Waals surface area contributed by atoms with Crippen molar-refractivity contribution in [2.24, 2.45) is 0 Å². The van der Waals surface area contributed by atoms with Gasteiger partial charge in [0.1, 0.15) is 6.54 Å². The lowest BCUT2D eigenvalue weighted by Crippen LogP contribution is -2.44. The van der Waals surface area contributed by atoms with Gasteiger partial charge in [0.05, 0.1) is 18.9 Å². The summed E-state index contributed by atoms with van der Waals surface area (Å²) in [4.78, 5) is 44.2. The average Bonchev–Trinajstić information content (AvgIpc) is 3.33. The Morgan fingerprint density at radius 1 is 1.03 bits per heavy atom. The number of carbonyl (C=O) groups excluding carboxylic acids is 1. The van der Waals surface area contributed by atoms with Gasteiger partial charge in [-0.1, -0.05) is 48.5 Å². The van der Waals surface area contributed by atoms with Crippen molar-refractivity contribution in [1.82, 2.24) is 24.0 Å². The fourth-order valence-electron chi connectivity index (χ4n) is 5.06. The van der Waals surface area contributed by atoms with Crippen LogP contribution in [0, 0.1) is 0 Å². The molecule has 8 nitrogen and oxygen atoms in total. The van der Waals surface area contributed by atoms with Crippen molar-refractivity contribution in [3.63, 3.8) is 0 Å². The zero-order valence-electron chi connectivity index (χ0n) is 20.7. The first-order valence-electron chi connectivity index (χ1n) is 12.6. The number of nitrogens with one attached hydrogen (secondary N) is 1. The maximum atomic E-state index is 13.5. The first-order valence-corrected chi connectivity index (χ1v) is 12.6. The molecule has 2 aromatic carbocycles. The van der Waals surface area contributed by atoms with Gasteiger partial charge in [-0.05, 0) is 61.8 Å². The van der Waals surface area contributed by atoms with Crippen molar-refractivity contribution >= 4 is 17.1 Å². The third kappa shape index (κ3) is 4.51. The Kier molecular flexibility index (Phi) is 6.59. The molecule has 0 fully saturated rings. The van der Waals surface area contributed by atoms with E-state index in [1.807, 2.05) is 44.2 Å². The molecule has 1 N–H and O–H groups in total. The molecule has 5 rings (SSSR count). The van der Waals surface area contributed by atoms with Crippen LogP contribution in [0.3, 0.4) is 0 Å². The van der Waals surface area contributed by atoms with Crippen LogP contribution in [-0.4, -0.2) is 24.6 Å². The number of fused-ring (bicyclic) bond motifs is 2. The van der Waals surface area contributed by atoms with Crippen LogP contribution in [0.15, 0.2) is 64.4 Å². The Morgan fingerprint density at radius 2 is 1.78 bits per heavy atom. The van der Waals surface area contributed by atoms with Crippen LogP contribution >= 0.6 is 0 Å². The molecule has 186 valence electrons. The number of aromatic nitrogens is 4. The van der Waals surface area contributed by atoms with E-state index in [-0.39, 0.29) is 25.0 Å². The number of hydrogen-bond donors (Lipinski definition) is 1. The number of hydrogen-bond acceptors (Lipinski definition) is 4. The van der Waals surface area contributed by atoms with Gasteiger partial charge in [-0.15, -0.1) is 0 Å². The molecular formula is C28H31N5O3. The van der Waals surface area contributed by atoms with Crippen molar-refractivity contribution in [2.45, 2.75) is 65.2 Å². The van der Waals surface area contributed by atoms with Gasteiger partial charge in [-0.2, -0.15) is 0 Å².